The molecule has 0 bridgehead atoms. The van der Waals surface area contributed by atoms with E-state index in [0.717, 1.165) is 19.3 Å². The molecule has 124 valence electrons. The van der Waals surface area contributed by atoms with E-state index in [9.17, 15) is 19.5 Å². The van der Waals surface area contributed by atoms with Crippen molar-refractivity contribution in [2.45, 2.75) is 37.6 Å². The number of carboxylic acid groups (broad SMARTS) is 1. The van der Waals surface area contributed by atoms with Crippen LogP contribution in [0.3, 0.4) is 0 Å². The molecule has 0 saturated heterocycles. The molecular formula is C16H21N3O4. The summed E-state index contributed by atoms with van der Waals surface area (Å²) in [5, 5.41) is 12.1. The number of rotatable bonds is 4. The van der Waals surface area contributed by atoms with E-state index in [0.29, 0.717) is 12.8 Å². The molecule has 23 heavy (non-hydrogen) atoms. The molecule has 2 rings (SSSR count). The zero-order valence-corrected chi connectivity index (χ0v) is 13.3. The Balaban J connectivity index is 2.24. The molecule has 0 aliphatic heterocycles. The van der Waals surface area contributed by atoms with E-state index >= 15 is 0 Å². The van der Waals surface area contributed by atoms with Crippen molar-refractivity contribution in [3.8, 4) is 0 Å². The first-order valence-electron chi connectivity index (χ1n) is 7.62. The van der Waals surface area contributed by atoms with Gasteiger partial charge in [-0.3, -0.25) is 14.6 Å². The van der Waals surface area contributed by atoms with Gasteiger partial charge in [0.05, 0.1) is 5.56 Å². The van der Waals surface area contributed by atoms with Gasteiger partial charge in [0.15, 0.2) is 0 Å². The highest BCUT2D eigenvalue weighted by atomic mass is 16.4. The highest BCUT2D eigenvalue weighted by Crippen LogP contribution is 2.34. The number of carboxylic acids is 1. The number of hydrogen-bond donors (Lipinski definition) is 2. The molecule has 0 unspecified atom stereocenters. The number of nitrogens with one attached hydrogen (secondary N) is 1. The number of carbonyl (C=O) groups is 3. The number of likely N-dealkylation sites (N-methyl/N-ethyl adjacent to an activating group) is 1. The van der Waals surface area contributed by atoms with Crippen LogP contribution >= 0.6 is 0 Å². The molecule has 1 aromatic rings. The van der Waals surface area contributed by atoms with Gasteiger partial charge >= 0.3 is 5.97 Å². The molecule has 1 aliphatic rings. The Morgan fingerprint density at radius 1 is 1.22 bits per heavy atom. The average molecular weight is 319 g/mol. The number of carbonyl (C=O) groups excluding carboxylic acids is 2. The van der Waals surface area contributed by atoms with Crippen LogP contribution in [0.4, 0.5) is 0 Å². The summed E-state index contributed by atoms with van der Waals surface area (Å²) in [5.74, 6) is -1.71. The fraction of sp³-hybridized carbons (Fsp3) is 0.500. The predicted octanol–water partition coefficient (Wildman–Crippen LogP) is 1.30. The Kier molecular flexibility index (Phi) is 4.98. The Morgan fingerprint density at radius 2 is 1.87 bits per heavy atom. The molecular weight excluding hydrogens is 298 g/mol. The van der Waals surface area contributed by atoms with Gasteiger partial charge in [0.1, 0.15) is 11.2 Å². The molecule has 7 nitrogen and oxygen atoms in total. The minimum Gasteiger partial charge on any atom is -0.479 e. The van der Waals surface area contributed by atoms with Gasteiger partial charge < -0.3 is 15.3 Å². The summed E-state index contributed by atoms with van der Waals surface area (Å²) in [6.07, 6.45) is 4.78. The number of aliphatic carboxylic acids is 1. The number of nitrogens with zero attached hydrogens (tertiary/aromatic N) is 2. The van der Waals surface area contributed by atoms with Crippen molar-refractivity contribution in [3.63, 3.8) is 0 Å². The van der Waals surface area contributed by atoms with Gasteiger partial charge in [-0.25, -0.2) is 4.79 Å². The van der Waals surface area contributed by atoms with Crippen LogP contribution in [-0.4, -0.2) is 52.4 Å². The molecule has 0 atom stereocenters. The summed E-state index contributed by atoms with van der Waals surface area (Å²) in [5.41, 5.74) is -0.682. The second kappa shape index (κ2) is 6.76. The van der Waals surface area contributed by atoms with Gasteiger partial charge in [-0.2, -0.15) is 0 Å². The summed E-state index contributed by atoms with van der Waals surface area (Å²) in [4.78, 5) is 41.1. The minimum atomic E-state index is -1.16. The largest absolute Gasteiger partial charge is 0.479 e. The molecule has 1 aromatic heterocycles. The van der Waals surface area contributed by atoms with Crippen LogP contribution in [0.1, 0.15) is 53.0 Å². The van der Waals surface area contributed by atoms with E-state index in [-0.39, 0.29) is 17.2 Å². The summed E-state index contributed by atoms with van der Waals surface area (Å²) in [6.45, 7) is 0. The second-order valence-corrected chi connectivity index (χ2v) is 5.77. The summed E-state index contributed by atoms with van der Waals surface area (Å²) >= 11 is 0. The van der Waals surface area contributed by atoms with E-state index in [1.165, 1.54) is 37.3 Å². The second-order valence-electron chi connectivity index (χ2n) is 5.77. The van der Waals surface area contributed by atoms with Crippen molar-refractivity contribution in [2.75, 3.05) is 14.1 Å². The molecule has 1 saturated carbocycles. The summed E-state index contributed by atoms with van der Waals surface area (Å²) in [6, 6.07) is 2.95. The zero-order valence-electron chi connectivity index (χ0n) is 13.3. The lowest BCUT2D eigenvalue weighted by Gasteiger charge is -2.41. The van der Waals surface area contributed by atoms with Gasteiger partial charge in [-0.1, -0.05) is 19.3 Å². The SMILES string of the molecule is CNC(=O)c1ccc(C(=O)N(C)C2(C(=O)O)CCCCC2)cn1. The van der Waals surface area contributed by atoms with Gasteiger partial charge in [0.2, 0.25) is 0 Å². The molecule has 0 aromatic carbocycles. The molecule has 0 spiro atoms. The maximum absolute atomic E-state index is 12.6. The highest BCUT2D eigenvalue weighted by molar-refractivity contribution is 5.98. The van der Waals surface area contributed by atoms with Crippen LogP contribution in [0.15, 0.2) is 18.3 Å². The van der Waals surface area contributed by atoms with Crippen molar-refractivity contribution >= 4 is 17.8 Å². The van der Waals surface area contributed by atoms with Crippen LogP contribution in [-0.2, 0) is 4.79 Å². The van der Waals surface area contributed by atoms with Crippen molar-refractivity contribution in [2.24, 2.45) is 0 Å². The maximum Gasteiger partial charge on any atom is 0.329 e. The van der Waals surface area contributed by atoms with Gasteiger partial charge in [0.25, 0.3) is 11.8 Å². The lowest BCUT2D eigenvalue weighted by molar-refractivity contribution is -0.151. The number of aromatic nitrogens is 1. The quantitative estimate of drug-likeness (QED) is 0.871. The van der Waals surface area contributed by atoms with Crippen LogP contribution in [0.2, 0.25) is 0 Å². The van der Waals surface area contributed by atoms with Crippen LogP contribution in [0.25, 0.3) is 0 Å². The first-order valence-corrected chi connectivity index (χ1v) is 7.62. The monoisotopic (exact) mass is 319 g/mol. The van der Waals surface area contributed by atoms with Gasteiger partial charge in [0, 0.05) is 20.3 Å². The minimum absolute atomic E-state index is 0.206. The topological polar surface area (TPSA) is 99.6 Å². The third-order valence-corrected chi connectivity index (χ3v) is 4.50. The van der Waals surface area contributed by atoms with Gasteiger partial charge in [-0.05, 0) is 25.0 Å². The van der Waals surface area contributed by atoms with Gasteiger partial charge in [-0.15, -0.1) is 0 Å². The standard InChI is InChI=1S/C16H21N3O4/c1-17-13(20)12-7-6-11(10-18-12)14(21)19(2)16(15(22)23)8-4-3-5-9-16/h6-7,10H,3-5,8-9H2,1-2H3,(H,17,20)(H,22,23). The van der Waals surface area contributed by atoms with Crippen LogP contribution < -0.4 is 5.32 Å². The molecule has 1 fully saturated rings. The Labute approximate surface area is 134 Å². The maximum atomic E-state index is 12.6. The zero-order chi connectivity index (χ0) is 17.0. The molecule has 2 N–H and O–H groups in total. The number of amides is 2. The van der Waals surface area contributed by atoms with E-state index in [1.54, 1.807) is 0 Å². The smallest absolute Gasteiger partial charge is 0.329 e. The first kappa shape index (κ1) is 16.9. The van der Waals surface area contributed by atoms with E-state index < -0.39 is 17.4 Å². The summed E-state index contributed by atoms with van der Waals surface area (Å²) < 4.78 is 0. The average Bonchev–Trinajstić information content (AvgIpc) is 2.60. The Bertz CT molecular complexity index is 606. The molecule has 2 amide bonds. The normalized spacial score (nSPS) is 16.4. The lowest BCUT2D eigenvalue weighted by Crippen LogP contribution is -2.56. The fourth-order valence-electron chi connectivity index (χ4n) is 3.00. The lowest BCUT2D eigenvalue weighted by atomic mass is 9.80. The number of hydrogen-bond acceptors (Lipinski definition) is 4. The Hall–Kier alpha value is -2.44. The van der Waals surface area contributed by atoms with Crippen molar-refractivity contribution in [1.82, 2.24) is 15.2 Å². The van der Waals surface area contributed by atoms with Crippen molar-refractivity contribution in [3.05, 3.63) is 29.6 Å². The predicted molar refractivity (Wildman–Crippen MR) is 83.2 cm³/mol. The Morgan fingerprint density at radius 3 is 2.35 bits per heavy atom. The van der Waals surface area contributed by atoms with E-state index in [2.05, 4.69) is 10.3 Å². The van der Waals surface area contributed by atoms with Crippen molar-refractivity contribution in [1.29, 1.82) is 0 Å². The molecule has 1 aliphatic carbocycles. The summed E-state index contributed by atoms with van der Waals surface area (Å²) in [7, 11) is 3.02. The molecule has 0 radical (unpaired) electrons. The van der Waals surface area contributed by atoms with E-state index in [4.69, 9.17) is 0 Å². The molecule has 7 heteroatoms. The van der Waals surface area contributed by atoms with E-state index in [1.807, 2.05) is 0 Å². The molecule has 1 heterocycles. The third-order valence-electron chi connectivity index (χ3n) is 4.50. The first-order chi connectivity index (χ1) is 10.9. The van der Waals surface area contributed by atoms with Crippen LogP contribution in [0, 0.1) is 0 Å². The third kappa shape index (κ3) is 3.18. The van der Waals surface area contributed by atoms with Crippen LogP contribution in [0.5, 0.6) is 0 Å². The number of pyridine rings is 1. The highest BCUT2D eigenvalue weighted by Gasteiger charge is 2.45. The fourth-order valence-corrected chi connectivity index (χ4v) is 3.00. The van der Waals surface area contributed by atoms with Crippen molar-refractivity contribution < 1.29 is 19.5 Å².